The van der Waals surface area contributed by atoms with Crippen molar-refractivity contribution in [3.05, 3.63) is 39.7 Å². The predicted molar refractivity (Wildman–Crippen MR) is 152 cm³/mol. The number of carboxylic acid groups (broad SMARTS) is 1. The SMILES string of the molecule is C[C@H]1CCN(CC2c3c(OC/C(N)=C(\C(F)F)N(C)N)ccc(Cl)c3CCN2C(=O)[C@@H]2CCCC[C@]2(C)C(=O)O)C1=O. The van der Waals surface area contributed by atoms with Crippen molar-refractivity contribution in [2.24, 2.45) is 28.8 Å². The van der Waals surface area contributed by atoms with E-state index in [1.165, 1.54) is 7.05 Å². The molecule has 1 aromatic carbocycles. The van der Waals surface area contributed by atoms with Crippen LogP contribution in [0.4, 0.5) is 8.78 Å². The van der Waals surface area contributed by atoms with Gasteiger partial charge in [0.1, 0.15) is 18.1 Å². The molecule has 10 nitrogen and oxygen atoms in total. The topological polar surface area (TPSA) is 142 Å². The molecule has 3 aliphatic rings. The largest absolute Gasteiger partial charge is 0.487 e. The van der Waals surface area contributed by atoms with Crippen LogP contribution in [0, 0.1) is 17.3 Å². The van der Waals surface area contributed by atoms with Gasteiger partial charge in [0.2, 0.25) is 11.8 Å². The van der Waals surface area contributed by atoms with Crippen LogP contribution in [-0.4, -0.2) is 77.4 Å². The highest BCUT2D eigenvalue weighted by atomic mass is 35.5. The summed E-state index contributed by atoms with van der Waals surface area (Å²) in [7, 11) is 1.25. The zero-order chi connectivity index (χ0) is 30.9. The van der Waals surface area contributed by atoms with Crippen LogP contribution in [0.3, 0.4) is 0 Å². The molecule has 2 fully saturated rings. The Balaban J connectivity index is 1.77. The molecule has 1 saturated carbocycles. The van der Waals surface area contributed by atoms with E-state index in [-0.39, 0.29) is 42.3 Å². The van der Waals surface area contributed by atoms with Gasteiger partial charge in [-0.25, -0.2) is 14.6 Å². The molecule has 0 radical (unpaired) electrons. The summed E-state index contributed by atoms with van der Waals surface area (Å²) >= 11 is 6.63. The number of hydrogen-bond donors (Lipinski definition) is 3. The fraction of sp³-hybridized carbons (Fsp3) is 0.621. The van der Waals surface area contributed by atoms with Crippen LogP contribution in [-0.2, 0) is 20.8 Å². The summed E-state index contributed by atoms with van der Waals surface area (Å²) in [5, 5.41) is 11.3. The maximum atomic E-state index is 14.3. The third kappa shape index (κ3) is 6.01. The van der Waals surface area contributed by atoms with Crippen molar-refractivity contribution in [2.45, 2.75) is 64.8 Å². The van der Waals surface area contributed by atoms with E-state index in [2.05, 4.69) is 0 Å². The molecule has 2 aliphatic heterocycles. The maximum absolute atomic E-state index is 14.3. The van der Waals surface area contributed by atoms with Crippen molar-refractivity contribution < 1.29 is 33.0 Å². The van der Waals surface area contributed by atoms with Crippen molar-refractivity contribution in [1.82, 2.24) is 14.8 Å². The van der Waals surface area contributed by atoms with Crippen molar-refractivity contribution in [1.29, 1.82) is 0 Å². The molecule has 1 aliphatic carbocycles. The number of halogens is 3. The number of nitrogens with two attached hydrogens (primary N) is 2. The molecule has 4 rings (SSSR count). The standard InChI is InChI=1S/C29H40ClF2N5O5/c1-16-9-12-36(26(16)38)14-21-23-17(10-13-37(21)27(39)18-6-4-5-11-29(18,2)28(40)41)19(30)7-8-22(23)42-15-20(33)24(25(31)32)35(3)34/h7-8,16,18,21,25H,4-6,9-15,33-34H2,1-3H3,(H,40,41)/b24-20-/t16-,18-,21?,29-/m0/s1. The summed E-state index contributed by atoms with van der Waals surface area (Å²) in [6, 6.07) is 2.54. The quantitative estimate of drug-likeness (QED) is 0.284. The number of likely N-dealkylation sites (tertiary alicyclic amines) is 1. The Morgan fingerprint density at radius 2 is 1.98 bits per heavy atom. The summed E-state index contributed by atoms with van der Waals surface area (Å²) < 4.78 is 33.2. The first kappa shape index (κ1) is 31.8. The van der Waals surface area contributed by atoms with Crippen molar-refractivity contribution >= 4 is 29.4 Å². The molecule has 1 aromatic rings. The van der Waals surface area contributed by atoms with Crippen molar-refractivity contribution in [3.8, 4) is 5.75 Å². The van der Waals surface area contributed by atoms with E-state index in [4.69, 9.17) is 27.9 Å². The number of nitrogens with zero attached hydrogens (tertiary/aromatic N) is 3. The molecule has 232 valence electrons. The zero-order valence-electron chi connectivity index (χ0n) is 24.2. The van der Waals surface area contributed by atoms with Gasteiger partial charge < -0.3 is 30.4 Å². The number of hydrazine groups is 1. The molecule has 2 heterocycles. The molecule has 0 spiro atoms. The van der Waals surface area contributed by atoms with Gasteiger partial charge in [0, 0.05) is 43.2 Å². The summed E-state index contributed by atoms with van der Waals surface area (Å²) in [6.07, 6.45) is 0.420. The molecule has 13 heteroatoms. The minimum Gasteiger partial charge on any atom is -0.487 e. The van der Waals surface area contributed by atoms with E-state index >= 15 is 0 Å². The lowest BCUT2D eigenvalue weighted by atomic mass is 9.66. The Kier molecular flexibility index (Phi) is 9.56. The van der Waals surface area contributed by atoms with Crippen molar-refractivity contribution in [2.75, 3.05) is 33.3 Å². The molecular weight excluding hydrogens is 572 g/mol. The van der Waals surface area contributed by atoms with Crippen molar-refractivity contribution in [3.63, 3.8) is 0 Å². The number of aliphatic carboxylic acids is 1. The fourth-order valence-corrected chi connectivity index (χ4v) is 6.84. The minimum atomic E-state index is -2.93. The van der Waals surface area contributed by atoms with E-state index in [1.54, 1.807) is 28.9 Å². The van der Waals surface area contributed by atoms with Gasteiger partial charge in [-0.15, -0.1) is 0 Å². The number of hydrogen-bond acceptors (Lipinski definition) is 7. The summed E-state index contributed by atoms with van der Waals surface area (Å²) in [6.45, 7) is 4.03. The second-order valence-electron chi connectivity index (χ2n) is 11.8. The summed E-state index contributed by atoms with van der Waals surface area (Å²) in [5.41, 5.74) is 5.19. The smallest absolute Gasteiger partial charge is 0.310 e. The summed E-state index contributed by atoms with van der Waals surface area (Å²) in [5.74, 6) is 3.62. The Labute approximate surface area is 249 Å². The number of ether oxygens (including phenoxy) is 1. The second-order valence-corrected chi connectivity index (χ2v) is 12.2. The highest BCUT2D eigenvalue weighted by Crippen LogP contribution is 2.46. The van der Waals surface area contributed by atoms with Gasteiger partial charge in [-0.2, -0.15) is 0 Å². The highest BCUT2D eigenvalue weighted by Gasteiger charge is 2.50. The normalized spacial score (nSPS) is 26.7. The first-order valence-electron chi connectivity index (χ1n) is 14.3. The lowest BCUT2D eigenvalue weighted by Crippen LogP contribution is -2.52. The van der Waals surface area contributed by atoms with Gasteiger partial charge in [0.05, 0.1) is 23.1 Å². The third-order valence-corrected chi connectivity index (χ3v) is 9.46. The highest BCUT2D eigenvalue weighted by molar-refractivity contribution is 6.31. The van der Waals surface area contributed by atoms with E-state index in [0.717, 1.165) is 23.4 Å². The Hall–Kier alpha value is -3.12. The number of fused-ring (bicyclic) bond motifs is 1. The number of carboxylic acids is 1. The Morgan fingerprint density at radius 1 is 1.26 bits per heavy atom. The number of allylic oxidation sites excluding steroid dienone is 1. The van der Waals surface area contributed by atoms with Crippen LogP contribution in [0.5, 0.6) is 5.75 Å². The lowest BCUT2D eigenvalue weighted by Gasteiger charge is -2.45. The Bertz CT molecular complexity index is 1250. The van der Waals surface area contributed by atoms with Gasteiger partial charge in [0.25, 0.3) is 6.43 Å². The lowest BCUT2D eigenvalue weighted by molar-refractivity contribution is -0.162. The predicted octanol–water partition coefficient (Wildman–Crippen LogP) is 3.54. The van der Waals surface area contributed by atoms with Crippen LogP contribution in [0.2, 0.25) is 5.02 Å². The zero-order valence-corrected chi connectivity index (χ0v) is 25.0. The third-order valence-electron chi connectivity index (χ3n) is 9.11. The van der Waals surface area contributed by atoms with E-state index < -0.39 is 42.1 Å². The molecular formula is C29H40ClF2N5O5. The molecule has 0 bridgehead atoms. The first-order valence-corrected chi connectivity index (χ1v) is 14.7. The monoisotopic (exact) mass is 611 g/mol. The van der Waals surface area contributed by atoms with Crippen LogP contribution in [0.1, 0.15) is 63.1 Å². The number of amides is 2. The van der Waals surface area contributed by atoms with Crippen LogP contribution in [0.25, 0.3) is 0 Å². The molecule has 1 saturated heterocycles. The van der Waals surface area contributed by atoms with E-state index in [9.17, 15) is 28.3 Å². The van der Waals surface area contributed by atoms with Gasteiger partial charge in [0.15, 0.2) is 0 Å². The summed E-state index contributed by atoms with van der Waals surface area (Å²) in [4.78, 5) is 43.0. The molecule has 4 atom stereocenters. The number of rotatable bonds is 9. The molecule has 2 amide bonds. The van der Waals surface area contributed by atoms with Crippen LogP contribution < -0.4 is 16.3 Å². The number of benzene rings is 1. The molecule has 0 aromatic heterocycles. The van der Waals surface area contributed by atoms with Crippen LogP contribution in [0.15, 0.2) is 23.5 Å². The first-order chi connectivity index (χ1) is 19.8. The number of carbonyl (C=O) groups excluding carboxylic acids is 2. The van der Waals surface area contributed by atoms with E-state index in [0.29, 0.717) is 42.8 Å². The molecule has 1 unspecified atom stereocenters. The average Bonchev–Trinajstić information content (AvgIpc) is 3.24. The van der Waals surface area contributed by atoms with Gasteiger partial charge in [-0.3, -0.25) is 14.4 Å². The average molecular weight is 612 g/mol. The van der Waals surface area contributed by atoms with Crippen LogP contribution >= 0.6 is 11.6 Å². The second kappa shape index (κ2) is 12.6. The number of carbonyl (C=O) groups is 3. The fourth-order valence-electron chi connectivity index (χ4n) is 6.58. The van der Waals surface area contributed by atoms with Gasteiger partial charge in [-0.05, 0) is 50.3 Å². The molecule has 42 heavy (non-hydrogen) atoms. The van der Waals surface area contributed by atoms with E-state index in [1.807, 2.05) is 6.92 Å². The molecule has 5 N–H and O–H groups in total. The van der Waals surface area contributed by atoms with Gasteiger partial charge >= 0.3 is 5.97 Å². The number of alkyl halides is 2. The maximum Gasteiger partial charge on any atom is 0.310 e. The Morgan fingerprint density at radius 3 is 2.57 bits per heavy atom. The van der Waals surface area contributed by atoms with Gasteiger partial charge in [-0.1, -0.05) is 31.4 Å². The minimum absolute atomic E-state index is 0.0354.